The van der Waals surface area contributed by atoms with Gasteiger partial charge in [-0.25, -0.2) is 0 Å². The Kier molecular flexibility index (Phi) is 2.49. The lowest BCUT2D eigenvalue weighted by Crippen LogP contribution is -1.95. The van der Waals surface area contributed by atoms with Crippen molar-refractivity contribution in [3.8, 4) is 0 Å². The molecule has 2 aromatic heterocycles. The van der Waals surface area contributed by atoms with Crippen molar-refractivity contribution in [3.63, 3.8) is 0 Å². The second-order valence-corrected chi connectivity index (χ2v) is 4.08. The van der Waals surface area contributed by atoms with E-state index in [0.717, 1.165) is 21.9 Å². The van der Waals surface area contributed by atoms with E-state index < -0.39 is 0 Å². The summed E-state index contributed by atoms with van der Waals surface area (Å²) in [4.78, 5) is 0.978. The van der Waals surface area contributed by atoms with Crippen LogP contribution in [0.3, 0.4) is 0 Å². The molecule has 2 rings (SSSR count). The van der Waals surface area contributed by atoms with Gasteiger partial charge in [0.25, 0.3) is 0 Å². The van der Waals surface area contributed by atoms with E-state index in [4.69, 9.17) is 0 Å². The molecule has 0 bridgehead atoms. The Morgan fingerprint density at radius 3 is 3.00 bits per heavy atom. The molecule has 0 radical (unpaired) electrons. The number of nitrogens with zero attached hydrogens (tertiary/aromatic N) is 2. The van der Waals surface area contributed by atoms with Crippen molar-refractivity contribution in [3.05, 3.63) is 34.5 Å². The summed E-state index contributed by atoms with van der Waals surface area (Å²) in [6.07, 6.45) is 3.62. The van der Waals surface area contributed by atoms with E-state index in [9.17, 15) is 4.39 Å². The second-order valence-electron chi connectivity index (χ2n) is 2.96. The van der Waals surface area contributed by atoms with Crippen molar-refractivity contribution in [1.82, 2.24) is 9.78 Å². The van der Waals surface area contributed by atoms with Crippen LogP contribution >= 0.6 is 11.3 Å². The summed E-state index contributed by atoms with van der Waals surface area (Å²) in [5.74, 6) is 0. The van der Waals surface area contributed by atoms with Crippen LogP contribution in [0.2, 0.25) is 0 Å². The zero-order chi connectivity index (χ0) is 9.97. The quantitative estimate of drug-likeness (QED) is 0.843. The van der Waals surface area contributed by atoms with Gasteiger partial charge in [0.05, 0.1) is 11.9 Å². The minimum absolute atomic E-state index is 0.145. The van der Waals surface area contributed by atoms with Crippen LogP contribution in [0.4, 0.5) is 10.1 Å². The van der Waals surface area contributed by atoms with Gasteiger partial charge in [-0.2, -0.15) is 9.49 Å². The SMILES string of the molecule is Cn1cc(NCc2ccc(F)s2)cn1. The zero-order valence-electron chi connectivity index (χ0n) is 7.70. The smallest absolute Gasteiger partial charge is 0.176 e. The first-order chi connectivity index (χ1) is 6.74. The van der Waals surface area contributed by atoms with Crippen LogP contribution in [-0.2, 0) is 13.6 Å². The Labute approximate surface area is 85.2 Å². The molecule has 1 N–H and O–H groups in total. The molecule has 0 amide bonds. The monoisotopic (exact) mass is 211 g/mol. The highest BCUT2D eigenvalue weighted by Gasteiger charge is 1.99. The number of aromatic nitrogens is 2. The fourth-order valence-electron chi connectivity index (χ4n) is 1.15. The van der Waals surface area contributed by atoms with Gasteiger partial charge in [-0.05, 0) is 12.1 Å². The van der Waals surface area contributed by atoms with Crippen LogP contribution in [0.1, 0.15) is 4.88 Å². The maximum Gasteiger partial charge on any atom is 0.176 e. The standard InChI is InChI=1S/C9H10FN3S/c1-13-6-7(4-12-13)11-5-8-2-3-9(10)14-8/h2-4,6,11H,5H2,1H3. The molecule has 0 saturated carbocycles. The molecule has 14 heavy (non-hydrogen) atoms. The Hall–Kier alpha value is -1.36. The van der Waals surface area contributed by atoms with Crippen molar-refractivity contribution in [2.75, 3.05) is 5.32 Å². The van der Waals surface area contributed by atoms with Gasteiger partial charge in [0.15, 0.2) is 5.13 Å². The van der Waals surface area contributed by atoms with Crippen LogP contribution in [-0.4, -0.2) is 9.78 Å². The van der Waals surface area contributed by atoms with Crippen LogP contribution in [0.25, 0.3) is 0 Å². The molecule has 0 spiro atoms. The van der Waals surface area contributed by atoms with E-state index in [0.29, 0.717) is 6.54 Å². The van der Waals surface area contributed by atoms with Crippen LogP contribution in [0.5, 0.6) is 0 Å². The van der Waals surface area contributed by atoms with E-state index in [1.165, 1.54) is 6.07 Å². The van der Waals surface area contributed by atoms with Crippen molar-refractivity contribution < 1.29 is 4.39 Å². The van der Waals surface area contributed by atoms with Crippen molar-refractivity contribution in [2.45, 2.75) is 6.54 Å². The van der Waals surface area contributed by atoms with Crippen LogP contribution in [0.15, 0.2) is 24.5 Å². The summed E-state index contributed by atoms with van der Waals surface area (Å²) in [6, 6.07) is 3.26. The summed E-state index contributed by atoms with van der Waals surface area (Å²) >= 11 is 1.16. The fraction of sp³-hybridized carbons (Fsp3) is 0.222. The predicted octanol–water partition coefficient (Wildman–Crippen LogP) is 2.23. The van der Waals surface area contributed by atoms with Gasteiger partial charge in [-0.1, -0.05) is 0 Å². The summed E-state index contributed by atoms with van der Waals surface area (Å²) in [5, 5.41) is 7.03. The molecule has 0 unspecified atom stereocenters. The first kappa shape index (κ1) is 9.21. The molecule has 0 aliphatic carbocycles. The fourth-order valence-corrected chi connectivity index (χ4v) is 1.82. The van der Waals surface area contributed by atoms with E-state index >= 15 is 0 Å². The first-order valence-corrected chi connectivity index (χ1v) is 5.02. The van der Waals surface area contributed by atoms with Gasteiger partial charge in [-0.3, -0.25) is 4.68 Å². The normalized spacial score (nSPS) is 10.4. The molecule has 5 heteroatoms. The molecule has 0 fully saturated rings. The third-order valence-electron chi connectivity index (χ3n) is 1.80. The zero-order valence-corrected chi connectivity index (χ0v) is 8.51. The maximum absolute atomic E-state index is 12.6. The number of thiophene rings is 1. The Bertz CT molecular complexity index is 381. The number of anilines is 1. The van der Waals surface area contributed by atoms with E-state index in [1.807, 2.05) is 13.2 Å². The van der Waals surface area contributed by atoms with Gasteiger partial charge in [-0.15, -0.1) is 11.3 Å². The van der Waals surface area contributed by atoms with Gasteiger partial charge in [0.2, 0.25) is 0 Å². The molecule has 0 aliphatic rings. The highest BCUT2D eigenvalue weighted by atomic mass is 32.1. The second kappa shape index (κ2) is 3.79. The minimum Gasteiger partial charge on any atom is -0.378 e. The Morgan fingerprint density at radius 1 is 1.57 bits per heavy atom. The minimum atomic E-state index is -0.145. The van der Waals surface area contributed by atoms with Gasteiger partial charge >= 0.3 is 0 Å². The molecular formula is C9H10FN3S. The van der Waals surface area contributed by atoms with E-state index in [1.54, 1.807) is 16.9 Å². The predicted molar refractivity (Wildman–Crippen MR) is 54.8 cm³/mol. The first-order valence-electron chi connectivity index (χ1n) is 4.21. The summed E-state index contributed by atoms with van der Waals surface area (Å²) in [6.45, 7) is 0.639. The van der Waals surface area contributed by atoms with Crippen molar-refractivity contribution in [2.24, 2.45) is 7.05 Å². The number of aryl methyl sites for hydroxylation is 1. The Morgan fingerprint density at radius 2 is 2.43 bits per heavy atom. The van der Waals surface area contributed by atoms with Gasteiger partial charge in [0.1, 0.15) is 0 Å². The lowest BCUT2D eigenvalue weighted by molar-refractivity contribution is 0.657. The number of nitrogens with one attached hydrogen (secondary N) is 1. The molecule has 2 aromatic rings. The number of hydrogen-bond donors (Lipinski definition) is 1. The van der Waals surface area contributed by atoms with Crippen LogP contribution in [0, 0.1) is 5.13 Å². The maximum atomic E-state index is 12.6. The van der Waals surface area contributed by atoms with Crippen LogP contribution < -0.4 is 5.32 Å². The molecule has 2 heterocycles. The lowest BCUT2D eigenvalue weighted by Gasteiger charge is -1.99. The third kappa shape index (κ3) is 2.11. The lowest BCUT2D eigenvalue weighted by atomic mass is 10.4. The van der Waals surface area contributed by atoms with Crippen molar-refractivity contribution in [1.29, 1.82) is 0 Å². The summed E-state index contributed by atoms with van der Waals surface area (Å²) in [5.41, 5.74) is 0.946. The number of hydrogen-bond acceptors (Lipinski definition) is 3. The molecule has 74 valence electrons. The third-order valence-corrected chi connectivity index (χ3v) is 2.67. The highest BCUT2D eigenvalue weighted by Crippen LogP contribution is 2.15. The molecule has 0 aromatic carbocycles. The summed E-state index contributed by atoms with van der Waals surface area (Å²) < 4.78 is 14.4. The molecule has 0 atom stereocenters. The average Bonchev–Trinajstić information content (AvgIpc) is 2.72. The van der Waals surface area contributed by atoms with Gasteiger partial charge < -0.3 is 5.32 Å². The molecule has 3 nitrogen and oxygen atoms in total. The van der Waals surface area contributed by atoms with E-state index in [-0.39, 0.29) is 5.13 Å². The largest absolute Gasteiger partial charge is 0.378 e. The average molecular weight is 211 g/mol. The number of rotatable bonds is 3. The Balaban J connectivity index is 1.94. The molecular weight excluding hydrogens is 201 g/mol. The van der Waals surface area contributed by atoms with E-state index in [2.05, 4.69) is 10.4 Å². The molecule has 0 saturated heterocycles. The number of halogens is 1. The summed E-state index contributed by atoms with van der Waals surface area (Å²) in [7, 11) is 1.86. The highest BCUT2D eigenvalue weighted by molar-refractivity contribution is 7.10. The van der Waals surface area contributed by atoms with Gasteiger partial charge in [0, 0.05) is 24.7 Å². The topological polar surface area (TPSA) is 29.9 Å². The van der Waals surface area contributed by atoms with Crippen molar-refractivity contribution >= 4 is 17.0 Å². The molecule has 0 aliphatic heterocycles.